The third kappa shape index (κ3) is 3.82. The minimum Gasteiger partial charge on any atom is -0.497 e. The van der Waals surface area contributed by atoms with E-state index in [9.17, 15) is 23.2 Å². The van der Waals surface area contributed by atoms with Crippen LogP contribution in [0.4, 0.5) is 13.2 Å². The predicted octanol–water partition coefficient (Wildman–Crippen LogP) is 4.50. The Morgan fingerprint density at radius 3 is 2.50 bits per heavy atom. The zero-order valence-electron chi connectivity index (χ0n) is 12.6. The van der Waals surface area contributed by atoms with Crippen LogP contribution in [-0.4, -0.2) is 12.9 Å². The highest BCUT2D eigenvalue weighted by Crippen LogP contribution is 2.33. The maximum atomic E-state index is 13.0. The van der Waals surface area contributed by atoms with Gasteiger partial charge in [0.15, 0.2) is 0 Å². The Kier molecular flexibility index (Phi) is 5.05. The summed E-state index contributed by atoms with van der Waals surface area (Å²) in [4.78, 5) is 12.4. The number of halogens is 3. The summed E-state index contributed by atoms with van der Waals surface area (Å²) in [7, 11) is 1.42. The van der Waals surface area contributed by atoms with Crippen molar-refractivity contribution in [3.8, 4) is 11.8 Å². The first-order valence-electron chi connectivity index (χ1n) is 6.83. The minimum atomic E-state index is -4.58. The number of hydrogen-bond donors (Lipinski definition) is 0. The third-order valence-electron chi connectivity index (χ3n) is 3.26. The van der Waals surface area contributed by atoms with Gasteiger partial charge in [-0.1, -0.05) is 30.3 Å². The van der Waals surface area contributed by atoms with Crippen molar-refractivity contribution in [1.29, 1.82) is 5.26 Å². The van der Waals surface area contributed by atoms with Crippen LogP contribution in [0, 0.1) is 11.3 Å². The first-order chi connectivity index (χ1) is 11.4. The molecule has 0 aliphatic carbocycles. The van der Waals surface area contributed by atoms with Crippen LogP contribution in [-0.2, 0) is 6.18 Å². The van der Waals surface area contributed by atoms with Crippen LogP contribution < -0.4 is 4.74 Å². The molecular formula is C18H12F3NO2. The molecule has 2 rings (SSSR count). The first kappa shape index (κ1) is 17.3. The van der Waals surface area contributed by atoms with Gasteiger partial charge in [0.25, 0.3) is 0 Å². The van der Waals surface area contributed by atoms with Gasteiger partial charge in [-0.3, -0.25) is 4.79 Å². The third-order valence-corrected chi connectivity index (χ3v) is 3.26. The van der Waals surface area contributed by atoms with E-state index in [0.29, 0.717) is 5.75 Å². The van der Waals surface area contributed by atoms with Crippen molar-refractivity contribution in [2.75, 3.05) is 7.11 Å². The lowest BCUT2D eigenvalue weighted by Gasteiger charge is -2.10. The molecule has 24 heavy (non-hydrogen) atoms. The number of nitriles is 1. The maximum Gasteiger partial charge on any atom is 0.416 e. The highest BCUT2D eigenvalue weighted by Gasteiger charge is 2.32. The molecule has 0 spiro atoms. The zero-order valence-corrected chi connectivity index (χ0v) is 12.6. The number of ketones is 1. The average Bonchev–Trinajstić information content (AvgIpc) is 2.58. The van der Waals surface area contributed by atoms with E-state index < -0.39 is 17.5 Å². The topological polar surface area (TPSA) is 50.1 Å². The molecule has 2 aromatic rings. The smallest absolute Gasteiger partial charge is 0.416 e. The molecule has 0 aromatic heterocycles. The molecule has 122 valence electrons. The molecule has 2 aromatic carbocycles. The van der Waals surface area contributed by atoms with E-state index in [1.54, 1.807) is 18.2 Å². The van der Waals surface area contributed by atoms with Crippen LogP contribution in [0.1, 0.15) is 21.5 Å². The summed E-state index contributed by atoms with van der Waals surface area (Å²) in [6.45, 7) is 0. The highest BCUT2D eigenvalue weighted by atomic mass is 19.4. The molecule has 0 heterocycles. The Morgan fingerprint density at radius 1 is 1.17 bits per heavy atom. The van der Waals surface area contributed by atoms with E-state index in [4.69, 9.17) is 4.74 Å². The molecule has 0 unspecified atom stereocenters. The van der Waals surface area contributed by atoms with E-state index in [2.05, 4.69) is 0 Å². The van der Waals surface area contributed by atoms with Crippen molar-refractivity contribution < 1.29 is 22.7 Å². The van der Waals surface area contributed by atoms with Gasteiger partial charge in [0.05, 0.1) is 12.7 Å². The monoisotopic (exact) mass is 331 g/mol. The van der Waals surface area contributed by atoms with Gasteiger partial charge in [-0.05, 0) is 29.8 Å². The van der Waals surface area contributed by atoms with E-state index in [-0.39, 0.29) is 16.7 Å². The van der Waals surface area contributed by atoms with E-state index in [0.717, 1.165) is 12.1 Å². The number of alkyl halides is 3. The SMILES string of the molecule is COc1cccc(C(=O)/C(C#N)=C\c2ccccc2C(F)(F)F)c1. The number of Topliss-reactive ketones (excluding diaryl/α,β-unsaturated/α-hetero) is 1. The Bertz CT molecular complexity index is 833. The molecule has 0 saturated heterocycles. The summed E-state index contributed by atoms with van der Waals surface area (Å²) >= 11 is 0. The van der Waals surface area contributed by atoms with Crippen molar-refractivity contribution in [3.63, 3.8) is 0 Å². The quantitative estimate of drug-likeness (QED) is 0.471. The summed E-state index contributed by atoms with van der Waals surface area (Å²) in [6, 6.07) is 12.5. The number of carbonyl (C=O) groups is 1. The molecule has 0 aliphatic heterocycles. The zero-order chi connectivity index (χ0) is 17.7. The van der Waals surface area contributed by atoms with E-state index >= 15 is 0 Å². The van der Waals surface area contributed by atoms with Crippen LogP contribution in [0.3, 0.4) is 0 Å². The van der Waals surface area contributed by atoms with Crippen molar-refractivity contribution >= 4 is 11.9 Å². The standard InChI is InChI=1S/C18H12F3NO2/c1-24-15-7-4-6-13(10-15)17(23)14(11-22)9-12-5-2-3-8-16(12)18(19,20)21/h2-10H,1H3/b14-9-. The van der Waals surface area contributed by atoms with Crippen molar-refractivity contribution in [2.24, 2.45) is 0 Å². The second kappa shape index (κ2) is 7.01. The van der Waals surface area contributed by atoms with Crippen LogP contribution in [0.15, 0.2) is 54.1 Å². The molecule has 0 bridgehead atoms. The van der Waals surface area contributed by atoms with Crippen LogP contribution in [0.5, 0.6) is 5.75 Å². The number of allylic oxidation sites excluding steroid dienone is 1. The lowest BCUT2D eigenvalue weighted by molar-refractivity contribution is -0.137. The van der Waals surface area contributed by atoms with E-state index in [1.165, 1.54) is 37.4 Å². The Hall–Kier alpha value is -3.07. The van der Waals surface area contributed by atoms with Gasteiger partial charge in [-0.2, -0.15) is 18.4 Å². The number of methoxy groups -OCH3 is 1. The summed E-state index contributed by atoms with van der Waals surface area (Å²) in [5.41, 5.74) is -1.37. The predicted molar refractivity (Wildman–Crippen MR) is 82.4 cm³/mol. The second-order valence-electron chi connectivity index (χ2n) is 4.82. The largest absolute Gasteiger partial charge is 0.497 e. The number of rotatable bonds is 4. The fourth-order valence-electron chi connectivity index (χ4n) is 2.10. The lowest BCUT2D eigenvalue weighted by atomic mass is 9.99. The van der Waals surface area contributed by atoms with Crippen molar-refractivity contribution in [3.05, 3.63) is 70.8 Å². The van der Waals surface area contributed by atoms with Crippen molar-refractivity contribution in [2.45, 2.75) is 6.18 Å². The average molecular weight is 331 g/mol. The number of nitrogens with zero attached hydrogens (tertiary/aromatic N) is 1. The summed E-state index contributed by atoms with van der Waals surface area (Å²) in [5, 5.41) is 9.19. The number of hydrogen-bond acceptors (Lipinski definition) is 3. The Balaban J connectivity index is 2.47. The van der Waals surface area contributed by atoms with Gasteiger partial charge in [0.1, 0.15) is 17.4 Å². The van der Waals surface area contributed by atoms with Gasteiger partial charge in [0.2, 0.25) is 5.78 Å². The van der Waals surface area contributed by atoms with Crippen LogP contribution in [0.25, 0.3) is 6.08 Å². The fourth-order valence-corrected chi connectivity index (χ4v) is 2.10. The Labute approximate surface area is 136 Å². The normalized spacial score (nSPS) is 11.7. The van der Waals surface area contributed by atoms with Crippen molar-refractivity contribution in [1.82, 2.24) is 0 Å². The fraction of sp³-hybridized carbons (Fsp3) is 0.111. The number of benzene rings is 2. The van der Waals surface area contributed by atoms with Crippen LogP contribution in [0.2, 0.25) is 0 Å². The lowest BCUT2D eigenvalue weighted by Crippen LogP contribution is -2.08. The number of ether oxygens (including phenoxy) is 1. The molecule has 0 amide bonds. The summed E-state index contributed by atoms with van der Waals surface area (Å²) in [6.07, 6.45) is -3.63. The van der Waals surface area contributed by atoms with Gasteiger partial charge >= 0.3 is 6.18 Å². The molecule has 0 N–H and O–H groups in total. The second-order valence-corrected chi connectivity index (χ2v) is 4.82. The highest BCUT2D eigenvalue weighted by molar-refractivity contribution is 6.14. The summed E-state index contributed by atoms with van der Waals surface area (Å²) < 4.78 is 44.0. The van der Waals surface area contributed by atoms with Gasteiger partial charge in [-0.25, -0.2) is 0 Å². The minimum absolute atomic E-state index is 0.159. The first-order valence-corrected chi connectivity index (χ1v) is 6.83. The maximum absolute atomic E-state index is 13.0. The molecule has 0 aliphatic rings. The Morgan fingerprint density at radius 2 is 1.88 bits per heavy atom. The molecular weight excluding hydrogens is 319 g/mol. The van der Waals surface area contributed by atoms with E-state index in [1.807, 2.05) is 0 Å². The molecule has 0 saturated carbocycles. The molecule has 6 heteroatoms. The molecule has 3 nitrogen and oxygen atoms in total. The van der Waals surface area contributed by atoms with Crippen LogP contribution >= 0.6 is 0 Å². The molecule has 0 atom stereocenters. The van der Waals surface area contributed by atoms with Gasteiger partial charge in [-0.15, -0.1) is 0 Å². The number of carbonyl (C=O) groups excluding carboxylic acids is 1. The molecule has 0 radical (unpaired) electrons. The summed E-state index contributed by atoms with van der Waals surface area (Å²) in [5.74, 6) is -0.262. The van der Waals surface area contributed by atoms with Gasteiger partial charge in [0, 0.05) is 5.56 Å². The molecule has 0 fully saturated rings. The van der Waals surface area contributed by atoms with Gasteiger partial charge < -0.3 is 4.74 Å².